The van der Waals surface area contributed by atoms with Crippen LogP contribution in [0.25, 0.3) is 4.72 Å². The van der Waals surface area contributed by atoms with Crippen LogP contribution in [0.2, 0.25) is 0 Å². The minimum atomic E-state index is -4.36. The van der Waals surface area contributed by atoms with Crippen LogP contribution in [-0.4, -0.2) is 61.0 Å². The summed E-state index contributed by atoms with van der Waals surface area (Å²) in [4.78, 5) is 26.3. The van der Waals surface area contributed by atoms with Crippen LogP contribution in [-0.2, 0) is 47.0 Å². The first kappa shape index (κ1) is 29.7. The van der Waals surface area contributed by atoms with Crippen molar-refractivity contribution in [1.29, 1.82) is 0 Å². The van der Waals surface area contributed by atoms with Crippen molar-refractivity contribution in [3.8, 4) is 5.88 Å². The maximum Gasteiger partial charge on any atom is 1.00 e. The summed E-state index contributed by atoms with van der Waals surface area (Å²) in [5.41, 5.74) is 4.79. The molecule has 2 aromatic rings. The number of fused-ring (bicyclic) bond motifs is 3. The Balaban J connectivity index is 0.00000353. The summed E-state index contributed by atoms with van der Waals surface area (Å²) in [5, 5.41) is 6.95. The quantitative estimate of drug-likeness (QED) is 0.534. The molecule has 1 aromatic heterocycles. The van der Waals surface area contributed by atoms with Crippen LogP contribution in [0.15, 0.2) is 17.2 Å². The molecule has 13 heteroatoms. The van der Waals surface area contributed by atoms with E-state index >= 15 is 0 Å². The molecule has 1 unspecified atom stereocenters. The first-order valence-electron chi connectivity index (χ1n) is 13.0. The summed E-state index contributed by atoms with van der Waals surface area (Å²) in [6.45, 7) is 6.25. The topological polar surface area (TPSA) is 134 Å². The second-order valence-electron chi connectivity index (χ2n) is 11.3. The van der Waals surface area contributed by atoms with E-state index in [-0.39, 0.29) is 52.9 Å². The zero-order valence-electron chi connectivity index (χ0n) is 23.2. The number of hydrogen-bond donors (Lipinski definition) is 1. The number of aromatic nitrogens is 2. The largest absolute Gasteiger partial charge is 1.00 e. The zero-order valence-corrected chi connectivity index (χ0v) is 26.1. The molecule has 3 amide bonds. The molecule has 3 aliphatic rings. The molecule has 1 aromatic carbocycles. The minimum Gasteiger partial charge on any atom is -0.476 e. The standard InChI is InChI=1S/C26H35N5O6S.Na/c1-26(2,3)37-25(33)30(4)13-16-14-31-23(36-15-16)21(12-27-31)38(34,35)29-24(32)28-22-19-9-5-7-17(19)11-18-8-6-10-20(18)22;/h11-12,16H,5-10,13-15H2,1-4H3,(H2,28,29,32);/q;+1/p-1. The van der Waals surface area contributed by atoms with Crippen LogP contribution in [0.5, 0.6) is 5.88 Å². The molecule has 1 atom stereocenters. The molecule has 1 N–H and O–H groups in total. The third-order valence-electron chi connectivity index (χ3n) is 7.07. The van der Waals surface area contributed by atoms with Gasteiger partial charge in [0.15, 0.2) is 10.9 Å². The summed E-state index contributed by atoms with van der Waals surface area (Å²) in [6, 6.07) is 1.32. The van der Waals surface area contributed by atoms with Gasteiger partial charge in [0, 0.05) is 19.5 Å². The van der Waals surface area contributed by atoms with E-state index in [0.717, 1.165) is 61.5 Å². The number of aryl methyl sites for hydroxylation is 2. The molecule has 5 rings (SSSR count). The Morgan fingerprint density at radius 2 is 1.82 bits per heavy atom. The van der Waals surface area contributed by atoms with E-state index in [9.17, 15) is 18.0 Å². The maximum absolute atomic E-state index is 13.1. The molecule has 11 nitrogen and oxygen atoms in total. The van der Waals surface area contributed by atoms with E-state index in [1.54, 1.807) is 27.8 Å². The molecule has 0 radical (unpaired) electrons. The molecule has 0 spiro atoms. The maximum atomic E-state index is 13.1. The SMILES string of the molecule is CN(CC1COc2c(S(=O)(=O)[N-]C(=O)Nc3c4c(cc5c3CCC5)CCC4)cnn2C1)C(=O)OC(C)(C)C.[Na+]. The molecule has 0 bridgehead atoms. The van der Waals surface area contributed by atoms with Crippen molar-refractivity contribution in [3.63, 3.8) is 0 Å². The van der Waals surface area contributed by atoms with Crippen molar-refractivity contribution in [3.05, 3.63) is 39.2 Å². The van der Waals surface area contributed by atoms with Gasteiger partial charge in [0.2, 0.25) is 15.9 Å². The van der Waals surface area contributed by atoms with Gasteiger partial charge in [-0.2, -0.15) is 5.10 Å². The number of nitrogens with one attached hydrogen (secondary N) is 1. The fraction of sp³-hybridized carbons (Fsp3) is 0.577. The van der Waals surface area contributed by atoms with Crippen molar-refractivity contribution in [2.45, 2.75) is 76.3 Å². The molecule has 0 saturated heterocycles. The van der Waals surface area contributed by atoms with Crippen LogP contribution in [0.3, 0.4) is 0 Å². The van der Waals surface area contributed by atoms with Crippen molar-refractivity contribution < 1.29 is 57.0 Å². The summed E-state index contributed by atoms with van der Waals surface area (Å²) < 4.78 is 42.3. The molecule has 2 aliphatic carbocycles. The van der Waals surface area contributed by atoms with Crippen molar-refractivity contribution in [2.75, 3.05) is 25.5 Å². The molecule has 0 saturated carbocycles. The Morgan fingerprint density at radius 3 is 2.44 bits per heavy atom. The summed E-state index contributed by atoms with van der Waals surface area (Å²) in [5.74, 6) is -0.0859. The Labute approximate surface area is 251 Å². The Hall–Kier alpha value is -2.28. The number of carbonyl (C=O) groups excluding carboxylic acids is 2. The molecular formula is C26H34N5NaO6S. The van der Waals surface area contributed by atoms with Crippen LogP contribution in [0.4, 0.5) is 15.3 Å². The number of sulfonamides is 1. The van der Waals surface area contributed by atoms with Crippen LogP contribution in [0, 0.1) is 5.92 Å². The molecule has 0 fully saturated rings. The predicted octanol–water partition coefficient (Wildman–Crippen LogP) is 1.03. The van der Waals surface area contributed by atoms with Gasteiger partial charge in [-0.1, -0.05) is 6.07 Å². The van der Waals surface area contributed by atoms with E-state index < -0.39 is 27.7 Å². The minimum absolute atomic E-state index is 0. The fourth-order valence-electron chi connectivity index (χ4n) is 5.47. The number of nitrogens with zero attached hydrogens (tertiary/aromatic N) is 4. The Morgan fingerprint density at radius 1 is 1.18 bits per heavy atom. The van der Waals surface area contributed by atoms with Gasteiger partial charge >= 0.3 is 35.7 Å². The van der Waals surface area contributed by atoms with Gasteiger partial charge in [0.25, 0.3) is 0 Å². The van der Waals surface area contributed by atoms with E-state index in [0.29, 0.717) is 13.1 Å². The van der Waals surface area contributed by atoms with Gasteiger partial charge in [0.05, 0.1) is 19.3 Å². The third-order valence-corrected chi connectivity index (χ3v) is 8.31. The van der Waals surface area contributed by atoms with Gasteiger partial charge in [-0.15, -0.1) is 0 Å². The van der Waals surface area contributed by atoms with Crippen molar-refractivity contribution in [2.24, 2.45) is 5.92 Å². The molecule has 39 heavy (non-hydrogen) atoms. The van der Waals surface area contributed by atoms with Crippen molar-refractivity contribution >= 4 is 27.8 Å². The van der Waals surface area contributed by atoms with Gasteiger partial charge < -0.3 is 24.4 Å². The first-order valence-corrected chi connectivity index (χ1v) is 14.4. The summed E-state index contributed by atoms with van der Waals surface area (Å²) >= 11 is 0. The van der Waals surface area contributed by atoms with Crippen LogP contribution < -0.4 is 39.6 Å². The number of anilines is 1. The van der Waals surface area contributed by atoms with Gasteiger partial charge in [-0.05, 0) is 87.2 Å². The van der Waals surface area contributed by atoms with Crippen LogP contribution in [0.1, 0.15) is 55.9 Å². The number of hydrogen-bond acceptors (Lipinski definition) is 7. The van der Waals surface area contributed by atoms with Crippen molar-refractivity contribution in [1.82, 2.24) is 14.7 Å². The van der Waals surface area contributed by atoms with E-state index in [2.05, 4.69) is 21.2 Å². The fourth-order valence-corrected chi connectivity index (χ4v) is 6.40. The van der Waals surface area contributed by atoms with Crippen LogP contribution >= 0.6 is 0 Å². The number of amides is 3. The number of rotatable bonds is 5. The average molecular weight is 568 g/mol. The average Bonchev–Trinajstić information content (AvgIpc) is 3.56. The molecule has 2 heterocycles. The number of urea groups is 1. The monoisotopic (exact) mass is 567 g/mol. The first-order chi connectivity index (χ1) is 17.9. The van der Waals surface area contributed by atoms with E-state index in [1.165, 1.54) is 20.7 Å². The Bertz CT molecular complexity index is 1350. The van der Waals surface area contributed by atoms with E-state index in [4.69, 9.17) is 9.47 Å². The van der Waals surface area contributed by atoms with Gasteiger partial charge in [-0.3, -0.25) is 4.79 Å². The second-order valence-corrected chi connectivity index (χ2v) is 12.8. The second kappa shape index (κ2) is 11.3. The summed E-state index contributed by atoms with van der Waals surface area (Å²) in [7, 11) is -2.72. The number of ether oxygens (including phenoxy) is 2. The number of carbonyl (C=O) groups is 2. The number of benzene rings is 1. The third kappa shape index (κ3) is 6.39. The smallest absolute Gasteiger partial charge is 0.476 e. The van der Waals surface area contributed by atoms with E-state index in [1.807, 2.05) is 0 Å². The summed E-state index contributed by atoms with van der Waals surface area (Å²) in [6.07, 6.45) is 6.40. The predicted molar refractivity (Wildman–Crippen MR) is 140 cm³/mol. The van der Waals surface area contributed by atoms with Gasteiger partial charge in [-0.25, -0.2) is 17.9 Å². The molecule has 1 aliphatic heterocycles. The van der Waals surface area contributed by atoms with Gasteiger partial charge in [0.1, 0.15) is 5.60 Å². The molecule has 206 valence electrons. The Kier molecular flexibility index (Phi) is 8.61. The normalized spacial score (nSPS) is 17.7. The molecular weight excluding hydrogens is 533 g/mol. The zero-order chi connectivity index (χ0) is 27.2.